The van der Waals surface area contributed by atoms with Crippen molar-refractivity contribution in [3.63, 3.8) is 0 Å². The van der Waals surface area contributed by atoms with Gasteiger partial charge in [-0.3, -0.25) is 4.79 Å². The van der Waals surface area contributed by atoms with Gasteiger partial charge in [0.2, 0.25) is 5.91 Å². The number of aliphatic hydroxyl groups excluding tert-OH is 5. The van der Waals surface area contributed by atoms with Crippen molar-refractivity contribution >= 4 is 5.91 Å². The molecule has 1 saturated heterocycles. The van der Waals surface area contributed by atoms with E-state index in [1.54, 1.807) is 6.08 Å². The van der Waals surface area contributed by atoms with Crippen LogP contribution in [-0.2, 0) is 14.3 Å². The van der Waals surface area contributed by atoms with Gasteiger partial charge < -0.3 is 40.3 Å². The van der Waals surface area contributed by atoms with Crippen molar-refractivity contribution in [1.82, 2.24) is 5.32 Å². The van der Waals surface area contributed by atoms with E-state index in [1.807, 2.05) is 6.08 Å². The second-order valence-corrected chi connectivity index (χ2v) is 22.5. The number of carbonyl (C=O) groups is 1. The number of hydrogen-bond donors (Lipinski definition) is 6. The van der Waals surface area contributed by atoms with E-state index in [0.717, 1.165) is 103 Å². The lowest BCUT2D eigenvalue weighted by atomic mass is 9.99. The van der Waals surface area contributed by atoms with Gasteiger partial charge >= 0.3 is 0 Å². The quantitative estimate of drug-likeness (QED) is 0.0261. The Hall–Kier alpha value is -3.41. The van der Waals surface area contributed by atoms with Gasteiger partial charge in [-0.05, 0) is 96.3 Å². The molecule has 0 aromatic carbocycles. The minimum atomic E-state index is -1.58. The summed E-state index contributed by atoms with van der Waals surface area (Å²) >= 11 is 0. The summed E-state index contributed by atoms with van der Waals surface area (Å²) < 4.78 is 11.3. The molecule has 0 spiro atoms. The number of aliphatic hydroxyl groups is 5. The molecule has 0 bridgehead atoms. The van der Waals surface area contributed by atoms with Crippen LogP contribution in [-0.4, -0.2) is 87.5 Å². The molecular weight excluding hydrogens is 1010 g/mol. The number of allylic oxidation sites excluding steroid dienone is 19. The van der Waals surface area contributed by atoms with Gasteiger partial charge in [0.25, 0.3) is 0 Å². The van der Waals surface area contributed by atoms with Crippen molar-refractivity contribution in [3.8, 4) is 0 Å². The molecule has 81 heavy (non-hydrogen) atoms. The Morgan fingerprint density at radius 1 is 0.432 bits per heavy atom. The summed E-state index contributed by atoms with van der Waals surface area (Å²) in [5.41, 5.74) is 0. The smallest absolute Gasteiger partial charge is 0.220 e. The van der Waals surface area contributed by atoms with E-state index in [0.29, 0.717) is 6.42 Å². The molecule has 0 aromatic heterocycles. The highest BCUT2D eigenvalue weighted by atomic mass is 16.7. The number of ether oxygens (including phenoxy) is 2. The van der Waals surface area contributed by atoms with Gasteiger partial charge in [-0.1, -0.05) is 289 Å². The Bertz CT molecular complexity index is 1690. The molecule has 7 unspecified atom stereocenters. The van der Waals surface area contributed by atoms with E-state index < -0.39 is 49.5 Å². The Morgan fingerprint density at radius 2 is 0.778 bits per heavy atom. The maximum absolute atomic E-state index is 13.1. The van der Waals surface area contributed by atoms with Gasteiger partial charge in [0.1, 0.15) is 24.4 Å². The van der Waals surface area contributed by atoms with Crippen molar-refractivity contribution < 1.29 is 39.8 Å². The number of hydrogen-bond acceptors (Lipinski definition) is 8. The van der Waals surface area contributed by atoms with Crippen LogP contribution in [0.2, 0.25) is 0 Å². The summed E-state index contributed by atoms with van der Waals surface area (Å²) in [7, 11) is 0. The Kier molecular flexibility index (Phi) is 55.8. The van der Waals surface area contributed by atoms with E-state index in [4.69, 9.17) is 9.47 Å². The minimum absolute atomic E-state index is 0.198. The topological polar surface area (TPSA) is 149 Å². The maximum atomic E-state index is 13.1. The maximum Gasteiger partial charge on any atom is 0.220 e. The predicted molar refractivity (Wildman–Crippen MR) is 345 cm³/mol. The summed E-state index contributed by atoms with van der Waals surface area (Å²) in [6, 6.07) is -0.837. The highest BCUT2D eigenvalue weighted by Crippen LogP contribution is 2.23. The van der Waals surface area contributed by atoms with Crippen LogP contribution >= 0.6 is 0 Å². The first-order valence-electron chi connectivity index (χ1n) is 33.3. The van der Waals surface area contributed by atoms with Gasteiger partial charge in [0.05, 0.1) is 25.4 Å². The summed E-state index contributed by atoms with van der Waals surface area (Å²) in [6.07, 6.45) is 82.8. The first-order valence-corrected chi connectivity index (χ1v) is 33.3. The third-order valence-corrected chi connectivity index (χ3v) is 15.0. The lowest BCUT2D eigenvalue weighted by Gasteiger charge is -2.40. The average molecular weight is 1130 g/mol. The summed E-state index contributed by atoms with van der Waals surface area (Å²) in [4.78, 5) is 13.1. The van der Waals surface area contributed by atoms with Crippen LogP contribution < -0.4 is 5.32 Å². The van der Waals surface area contributed by atoms with Crippen LogP contribution in [0.15, 0.2) is 122 Å². The molecule has 0 aromatic rings. The van der Waals surface area contributed by atoms with Gasteiger partial charge in [-0.25, -0.2) is 0 Å². The second-order valence-electron chi connectivity index (χ2n) is 22.5. The number of carbonyl (C=O) groups excluding carboxylic acids is 1. The van der Waals surface area contributed by atoms with Crippen molar-refractivity contribution in [3.05, 3.63) is 122 Å². The molecule has 1 fully saturated rings. The molecule has 9 heteroatoms. The Balaban J connectivity index is 2.21. The first kappa shape index (κ1) is 75.6. The van der Waals surface area contributed by atoms with Crippen molar-refractivity contribution in [2.75, 3.05) is 13.2 Å². The molecule has 1 aliphatic rings. The Morgan fingerprint density at radius 3 is 1.19 bits per heavy atom. The molecule has 1 rings (SSSR count). The zero-order valence-corrected chi connectivity index (χ0v) is 51.7. The molecule has 464 valence electrons. The van der Waals surface area contributed by atoms with Gasteiger partial charge in [-0.2, -0.15) is 0 Å². The van der Waals surface area contributed by atoms with Crippen LogP contribution in [0.1, 0.15) is 271 Å². The third kappa shape index (κ3) is 48.6. The molecule has 6 N–H and O–H groups in total. The van der Waals surface area contributed by atoms with E-state index >= 15 is 0 Å². The lowest BCUT2D eigenvalue weighted by molar-refractivity contribution is -0.302. The summed E-state index contributed by atoms with van der Waals surface area (Å²) in [5.74, 6) is -0.198. The molecule has 0 radical (unpaired) electrons. The van der Waals surface area contributed by atoms with Crippen molar-refractivity contribution in [2.45, 2.75) is 314 Å². The first-order chi connectivity index (χ1) is 39.8. The monoisotopic (exact) mass is 1130 g/mol. The summed E-state index contributed by atoms with van der Waals surface area (Å²) in [6.45, 7) is 3.66. The number of rotatable bonds is 56. The van der Waals surface area contributed by atoms with Crippen molar-refractivity contribution in [1.29, 1.82) is 0 Å². The van der Waals surface area contributed by atoms with Gasteiger partial charge in [-0.15, -0.1) is 0 Å². The molecule has 1 aliphatic heterocycles. The van der Waals surface area contributed by atoms with E-state index in [2.05, 4.69) is 129 Å². The number of unbranched alkanes of at least 4 members (excludes halogenated alkanes) is 28. The molecule has 0 aliphatic carbocycles. The predicted octanol–water partition coefficient (Wildman–Crippen LogP) is 17.9. The molecule has 9 nitrogen and oxygen atoms in total. The lowest BCUT2D eigenvalue weighted by Crippen LogP contribution is -2.60. The van der Waals surface area contributed by atoms with Crippen LogP contribution in [0.5, 0.6) is 0 Å². The van der Waals surface area contributed by atoms with Crippen LogP contribution in [0.3, 0.4) is 0 Å². The number of nitrogens with one attached hydrogen (secondary N) is 1. The normalized spacial score (nSPS) is 19.2. The average Bonchev–Trinajstić information content (AvgIpc) is 3.50. The van der Waals surface area contributed by atoms with E-state index in [1.165, 1.54) is 148 Å². The highest BCUT2D eigenvalue weighted by molar-refractivity contribution is 5.76. The van der Waals surface area contributed by atoms with Crippen LogP contribution in [0.4, 0.5) is 0 Å². The van der Waals surface area contributed by atoms with Crippen molar-refractivity contribution in [2.24, 2.45) is 0 Å². The fourth-order valence-corrected chi connectivity index (χ4v) is 9.84. The Labute approximate surface area is 497 Å². The fraction of sp³-hybridized carbons (Fsp3) is 0.708. The number of amides is 1. The third-order valence-electron chi connectivity index (χ3n) is 15.0. The molecule has 7 atom stereocenters. The molecule has 0 saturated carbocycles. The summed E-state index contributed by atoms with van der Waals surface area (Å²) in [5, 5.41) is 54.7. The van der Waals surface area contributed by atoms with Gasteiger partial charge in [0.15, 0.2) is 6.29 Å². The highest BCUT2D eigenvalue weighted by Gasteiger charge is 2.44. The van der Waals surface area contributed by atoms with Gasteiger partial charge in [0, 0.05) is 6.42 Å². The van der Waals surface area contributed by atoms with Crippen LogP contribution in [0, 0.1) is 0 Å². The zero-order valence-electron chi connectivity index (χ0n) is 51.7. The molecule has 1 amide bonds. The minimum Gasteiger partial charge on any atom is -0.394 e. The standard InChI is InChI=1S/C72H123NO8/c1-3-5-7-9-11-13-15-17-19-21-23-25-27-29-30-31-32-33-34-35-36-38-40-42-44-46-48-50-52-54-56-58-60-62-68(76)73-65(64-80-72-71(79)70(78)69(77)67(63-74)81-72)66(75)61-59-57-55-53-51-49-47-45-43-41-39-37-28-26-24-22-20-18-16-14-12-10-8-6-4-2/h5,7,11,13,17,19,23,25,29-30,32-33,35-36,40,42,51,53,59,61,65-67,69-72,74-75,77-79H,3-4,6,8-10,12,14-16,18,20-22,24,26-28,31,34,37-39,41,43-50,52,54-58,60,62-64H2,1-2H3,(H,73,76)/b7-5-,13-11-,19-17-,25-23-,30-29-,33-32-,36-35-,42-40-,53-51+,61-59+. The zero-order chi connectivity index (χ0) is 58.6. The fourth-order valence-electron chi connectivity index (χ4n) is 9.84. The SMILES string of the molecule is CC/C=C\C/C=C\C/C=C\C/C=C\C/C=C\C/C=C\C/C=C\C/C=C\CCCCCCCCCCC(=O)NC(COC1OC(CO)C(O)C(O)C1O)C(O)/C=C/CC/C=C/CCCCCCCCCCCCCCCCCCCCC. The van der Waals surface area contributed by atoms with E-state index in [-0.39, 0.29) is 12.5 Å². The van der Waals surface area contributed by atoms with E-state index in [9.17, 15) is 30.3 Å². The largest absolute Gasteiger partial charge is 0.394 e. The second kappa shape index (κ2) is 59.7. The molecule has 1 heterocycles. The van der Waals surface area contributed by atoms with Crippen LogP contribution in [0.25, 0.3) is 0 Å². The molecular formula is C72H123NO8.